The van der Waals surface area contributed by atoms with E-state index in [1.165, 1.54) is 0 Å². The number of H-pyrrole nitrogens is 1. The van der Waals surface area contributed by atoms with Gasteiger partial charge in [0.1, 0.15) is 11.6 Å². The van der Waals surface area contributed by atoms with Gasteiger partial charge in [0, 0.05) is 13.0 Å². The van der Waals surface area contributed by atoms with Gasteiger partial charge in [-0.2, -0.15) is 5.10 Å². The van der Waals surface area contributed by atoms with Crippen molar-refractivity contribution in [2.24, 2.45) is 10.7 Å². The molecule has 3 aromatic rings. The van der Waals surface area contributed by atoms with Crippen LogP contribution in [0.4, 0.5) is 5.69 Å². The largest absolute Gasteiger partial charge is 0.495 e. The molecule has 0 fully saturated rings. The van der Waals surface area contributed by atoms with E-state index in [1.54, 1.807) is 25.5 Å². The van der Waals surface area contributed by atoms with Gasteiger partial charge >= 0.3 is 0 Å². The number of aliphatic imine (C=N–C) groups is 1. The van der Waals surface area contributed by atoms with E-state index in [1.807, 2.05) is 24.3 Å². The number of hydrogen-bond acceptors (Lipinski definition) is 5. The third-order valence-corrected chi connectivity index (χ3v) is 3.27. The molecule has 0 aliphatic rings. The van der Waals surface area contributed by atoms with Crippen LogP contribution in [0.15, 0.2) is 52.1 Å². The van der Waals surface area contributed by atoms with E-state index >= 15 is 0 Å². The van der Waals surface area contributed by atoms with Crippen molar-refractivity contribution in [3.63, 3.8) is 0 Å². The van der Waals surface area contributed by atoms with Crippen LogP contribution in [0.5, 0.6) is 5.75 Å². The molecule has 0 bridgehead atoms. The normalized spacial score (nSPS) is 11.0. The minimum absolute atomic E-state index is 0. The smallest absolute Gasteiger partial charge is 0.216 e. The summed E-state index contributed by atoms with van der Waals surface area (Å²) in [6.07, 6.45) is 2.17. The fourth-order valence-electron chi connectivity index (χ4n) is 2.13. The van der Waals surface area contributed by atoms with E-state index in [2.05, 4.69) is 25.5 Å². The first kappa shape index (κ1) is 18.8. The minimum Gasteiger partial charge on any atom is -0.495 e. The number of benzene rings is 1. The van der Waals surface area contributed by atoms with Crippen LogP contribution in [0.25, 0.3) is 11.6 Å². The highest BCUT2D eigenvalue weighted by Crippen LogP contribution is 2.22. The van der Waals surface area contributed by atoms with Gasteiger partial charge in [-0.3, -0.25) is 10.1 Å². The van der Waals surface area contributed by atoms with E-state index in [0.29, 0.717) is 36.3 Å². The topological polar surface area (TPSA) is 114 Å². The number of halogens is 1. The number of furan rings is 1. The second-order valence-corrected chi connectivity index (χ2v) is 4.93. The molecule has 8 nitrogen and oxygen atoms in total. The number of para-hydroxylation sites is 2. The lowest BCUT2D eigenvalue weighted by molar-refractivity contribution is 0.417. The van der Waals surface area contributed by atoms with Crippen molar-refractivity contribution in [3.05, 3.63) is 48.5 Å². The lowest BCUT2D eigenvalue weighted by Gasteiger charge is -2.09. The van der Waals surface area contributed by atoms with Gasteiger partial charge in [0.25, 0.3) is 0 Å². The summed E-state index contributed by atoms with van der Waals surface area (Å²) >= 11 is 0. The number of guanidine groups is 1. The molecular weight excluding hydrogens is 435 g/mol. The maximum atomic E-state index is 5.90. The highest BCUT2D eigenvalue weighted by atomic mass is 127. The second kappa shape index (κ2) is 9.06. The number of hydrogen-bond donors (Lipinski definition) is 3. The second-order valence-electron chi connectivity index (χ2n) is 4.93. The molecule has 25 heavy (non-hydrogen) atoms. The molecule has 9 heteroatoms. The summed E-state index contributed by atoms with van der Waals surface area (Å²) in [7, 11) is 1.61. The van der Waals surface area contributed by atoms with Gasteiger partial charge < -0.3 is 20.2 Å². The Bertz CT molecular complexity index is 816. The molecule has 0 amide bonds. The van der Waals surface area contributed by atoms with Crippen LogP contribution >= 0.6 is 24.0 Å². The lowest BCUT2D eigenvalue weighted by Crippen LogP contribution is -2.23. The number of nitrogens with one attached hydrogen (secondary N) is 2. The molecular formula is C16H19IN6O2. The number of aromatic nitrogens is 3. The number of rotatable bonds is 6. The maximum absolute atomic E-state index is 5.90. The van der Waals surface area contributed by atoms with Crippen molar-refractivity contribution in [3.8, 4) is 17.3 Å². The highest BCUT2D eigenvalue weighted by Gasteiger charge is 2.08. The summed E-state index contributed by atoms with van der Waals surface area (Å²) in [6, 6.07) is 11.1. The number of nitrogens with two attached hydrogens (primary N) is 1. The van der Waals surface area contributed by atoms with Gasteiger partial charge in [-0.25, -0.2) is 4.98 Å². The molecule has 2 heterocycles. The van der Waals surface area contributed by atoms with E-state index < -0.39 is 0 Å². The molecule has 0 saturated heterocycles. The quantitative estimate of drug-likeness (QED) is 0.300. The molecule has 3 rings (SSSR count). The van der Waals surface area contributed by atoms with E-state index in [4.69, 9.17) is 14.9 Å². The van der Waals surface area contributed by atoms with Gasteiger partial charge in [-0.05, 0) is 24.3 Å². The first-order valence-electron chi connectivity index (χ1n) is 7.41. The van der Waals surface area contributed by atoms with Crippen molar-refractivity contribution in [2.75, 3.05) is 19.0 Å². The number of anilines is 1. The van der Waals surface area contributed by atoms with E-state index in [0.717, 1.165) is 11.5 Å². The van der Waals surface area contributed by atoms with Crippen LogP contribution < -0.4 is 15.8 Å². The third kappa shape index (κ3) is 4.95. The molecule has 132 valence electrons. The standard InChI is InChI=1S/C16H18N6O2.HI/c1-23-12-6-3-2-5-11(12)19-16(17)18-9-8-14-20-15(22-21-14)13-7-4-10-24-13;/h2-7,10H,8-9H2,1H3,(H3,17,18,19)(H,20,21,22);1H. The Balaban J connectivity index is 0.00000225. The fourth-order valence-corrected chi connectivity index (χ4v) is 2.13. The van der Waals surface area contributed by atoms with Crippen LogP contribution in [0.3, 0.4) is 0 Å². The van der Waals surface area contributed by atoms with Crippen molar-refractivity contribution < 1.29 is 9.15 Å². The first-order chi connectivity index (χ1) is 11.8. The average molecular weight is 454 g/mol. The SMILES string of the molecule is COc1ccccc1NC(N)=NCCc1nc(-c2ccco2)n[nH]1.I. The Labute approximate surface area is 161 Å². The molecule has 0 atom stereocenters. The molecule has 0 aliphatic carbocycles. The zero-order valence-electron chi connectivity index (χ0n) is 13.6. The van der Waals surface area contributed by atoms with Gasteiger partial charge in [-0.1, -0.05) is 12.1 Å². The van der Waals surface area contributed by atoms with Gasteiger partial charge in [0.15, 0.2) is 11.7 Å². The van der Waals surface area contributed by atoms with Crippen LogP contribution in [0.1, 0.15) is 5.82 Å². The van der Waals surface area contributed by atoms with Gasteiger partial charge in [-0.15, -0.1) is 24.0 Å². The van der Waals surface area contributed by atoms with Crippen LogP contribution in [0, 0.1) is 0 Å². The van der Waals surface area contributed by atoms with E-state index in [-0.39, 0.29) is 24.0 Å². The number of aromatic amines is 1. The lowest BCUT2D eigenvalue weighted by atomic mass is 10.3. The molecule has 1 aromatic carbocycles. The monoisotopic (exact) mass is 454 g/mol. The Morgan fingerprint density at radius 3 is 2.92 bits per heavy atom. The molecule has 0 aliphatic heterocycles. The van der Waals surface area contributed by atoms with Gasteiger partial charge in [0.2, 0.25) is 5.82 Å². The van der Waals surface area contributed by atoms with Crippen LogP contribution in [-0.4, -0.2) is 34.8 Å². The molecule has 4 N–H and O–H groups in total. The summed E-state index contributed by atoms with van der Waals surface area (Å²) in [5, 5.41) is 9.99. The Morgan fingerprint density at radius 1 is 1.32 bits per heavy atom. The Morgan fingerprint density at radius 2 is 2.16 bits per heavy atom. The summed E-state index contributed by atoms with van der Waals surface area (Å²) in [5.74, 6) is 2.88. The number of ether oxygens (including phenoxy) is 1. The summed E-state index contributed by atoms with van der Waals surface area (Å²) in [6.45, 7) is 0.473. The summed E-state index contributed by atoms with van der Waals surface area (Å²) in [4.78, 5) is 8.63. The summed E-state index contributed by atoms with van der Waals surface area (Å²) in [5.41, 5.74) is 6.66. The van der Waals surface area contributed by atoms with Crippen molar-refractivity contribution >= 4 is 35.6 Å². The third-order valence-electron chi connectivity index (χ3n) is 3.27. The summed E-state index contributed by atoms with van der Waals surface area (Å²) < 4.78 is 10.5. The predicted octanol–water partition coefficient (Wildman–Crippen LogP) is 2.66. The Hall–Kier alpha value is -2.56. The van der Waals surface area contributed by atoms with Gasteiger partial charge in [0.05, 0.1) is 19.1 Å². The maximum Gasteiger partial charge on any atom is 0.216 e. The first-order valence-corrected chi connectivity index (χ1v) is 7.41. The van der Waals surface area contributed by atoms with Crippen LogP contribution in [0.2, 0.25) is 0 Å². The predicted molar refractivity (Wildman–Crippen MR) is 106 cm³/mol. The molecule has 0 unspecified atom stereocenters. The highest BCUT2D eigenvalue weighted by molar-refractivity contribution is 14.0. The molecule has 2 aromatic heterocycles. The zero-order valence-corrected chi connectivity index (χ0v) is 15.9. The van der Waals surface area contributed by atoms with Crippen LogP contribution in [-0.2, 0) is 6.42 Å². The van der Waals surface area contributed by atoms with Crippen molar-refractivity contribution in [2.45, 2.75) is 6.42 Å². The van der Waals surface area contributed by atoms with Crippen molar-refractivity contribution in [1.29, 1.82) is 0 Å². The molecule has 0 spiro atoms. The number of nitrogens with zero attached hydrogens (tertiary/aromatic N) is 3. The van der Waals surface area contributed by atoms with E-state index in [9.17, 15) is 0 Å². The molecule has 0 saturated carbocycles. The Kier molecular flexibility index (Phi) is 6.81. The average Bonchev–Trinajstić information content (AvgIpc) is 3.26. The minimum atomic E-state index is 0. The molecule has 0 radical (unpaired) electrons. The zero-order chi connectivity index (χ0) is 16.8. The fraction of sp³-hybridized carbons (Fsp3) is 0.188. The van der Waals surface area contributed by atoms with Crippen molar-refractivity contribution in [1.82, 2.24) is 15.2 Å². The number of methoxy groups -OCH3 is 1.